The van der Waals surface area contributed by atoms with E-state index in [1.165, 1.54) is 11.6 Å². The van der Waals surface area contributed by atoms with Crippen molar-refractivity contribution in [1.82, 2.24) is 14.7 Å². The Morgan fingerprint density at radius 2 is 1.89 bits per heavy atom. The number of nitrogens with zero attached hydrogens (tertiary/aromatic N) is 4. The summed E-state index contributed by atoms with van der Waals surface area (Å²) in [6, 6.07) is 8.51. The maximum atomic E-state index is 12.3. The number of hydrogen-bond acceptors (Lipinski definition) is 6. The molecule has 1 amide bonds. The molecule has 1 fully saturated rings. The summed E-state index contributed by atoms with van der Waals surface area (Å²) < 4.78 is 1.30. The van der Waals surface area contributed by atoms with E-state index in [4.69, 9.17) is 0 Å². The lowest BCUT2D eigenvalue weighted by Gasteiger charge is -2.35. The van der Waals surface area contributed by atoms with Gasteiger partial charge in [0.15, 0.2) is 5.78 Å². The zero-order valence-electron chi connectivity index (χ0n) is 15.5. The number of Topliss-reactive ketones (excluding diaryl/α,β-unsaturated/α-hetero) is 1. The van der Waals surface area contributed by atoms with E-state index < -0.39 is 0 Å². The maximum absolute atomic E-state index is 12.3. The van der Waals surface area contributed by atoms with Crippen LogP contribution >= 0.6 is 0 Å². The molecule has 0 radical (unpaired) electrons. The summed E-state index contributed by atoms with van der Waals surface area (Å²) in [4.78, 5) is 39.6. The van der Waals surface area contributed by atoms with Gasteiger partial charge in [-0.3, -0.25) is 19.3 Å². The van der Waals surface area contributed by atoms with Crippen molar-refractivity contribution in [3.8, 4) is 0 Å². The second-order valence-electron chi connectivity index (χ2n) is 6.62. The van der Waals surface area contributed by atoms with Crippen LogP contribution in [0.1, 0.15) is 17.3 Å². The van der Waals surface area contributed by atoms with Crippen molar-refractivity contribution in [2.24, 2.45) is 7.05 Å². The normalized spacial score (nSPS) is 14.8. The van der Waals surface area contributed by atoms with Gasteiger partial charge in [-0.2, -0.15) is 5.10 Å². The Kier molecular flexibility index (Phi) is 5.66. The topological polar surface area (TPSA) is 87.5 Å². The van der Waals surface area contributed by atoms with Gasteiger partial charge >= 0.3 is 0 Å². The van der Waals surface area contributed by atoms with Crippen LogP contribution in [0.4, 0.5) is 11.4 Å². The summed E-state index contributed by atoms with van der Waals surface area (Å²) >= 11 is 0. The number of rotatable bonds is 5. The average Bonchev–Trinajstić information content (AvgIpc) is 2.65. The SMILES string of the molecule is CC(=O)c1cccc(NC(=O)CN2CCN(c3cnn(C)c(=O)c3)CC2)c1. The zero-order chi connectivity index (χ0) is 19.4. The molecule has 8 nitrogen and oxygen atoms in total. The first-order valence-corrected chi connectivity index (χ1v) is 8.84. The Morgan fingerprint density at radius 3 is 2.56 bits per heavy atom. The highest BCUT2D eigenvalue weighted by atomic mass is 16.2. The van der Waals surface area contributed by atoms with Gasteiger partial charge in [0.1, 0.15) is 0 Å². The minimum atomic E-state index is -0.137. The summed E-state index contributed by atoms with van der Waals surface area (Å²) in [5, 5.41) is 6.89. The third kappa shape index (κ3) is 4.79. The number of benzene rings is 1. The highest BCUT2D eigenvalue weighted by Gasteiger charge is 2.20. The van der Waals surface area contributed by atoms with Crippen LogP contribution in [0.3, 0.4) is 0 Å². The molecule has 8 heteroatoms. The molecule has 0 unspecified atom stereocenters. The Hall–Kier alpha value is -3.00. The van der Waals surface area contributed by atoms with Crippen LogP contribution in [-0.4, -0.2) is 59.1 Å². The third-order valence-corrected chi connectivity index (χ3v) is 4.61. The molecule has 0 saturated carbocycles. The Bertz CT molecular complexity index is 900. The molecule has 0 spiro atoms. The van der Waals surface area contributed by atoms with Crippen molar-refractivity contribution >= 4 is 23.1 Å². The predicted molar refractivity (Wildman–Crippen MR) is 103 cm³/mol. The number of carbonyl (C=O) groups excluding carboxylic acids is 2. The van der Waals surface area contributed by atoms with Crippen molar-refractivity contribution in [3.63, 3.8) is 0 Å². The number of aryl methyl sites for hydroxylation is 1. The lowest BCUT2D eigenvalue weighted by atomic mass is 10.1. The van der Waals surface area contributed by atoms with Gasteiger partial charge in [-0.25, -0.2) is 4.68 Å². The summed E-state index contributed by atoms with van der Waals surface area (Å²) in [5.74, 6) is -0.146. The lowest BCUT2D eigenvalue weighted by Crippen LogP contribution is -2.49. The number of anilines is 2. The Labute approximate surface area is 157 Å². The van der Waals surface area contributed by atoms with Crippen LogP contribution < -0.4 is 15.8 Å². The average molecular weight is 369 g/mol. The summed E-state index contributed by atoms with van der Waals surface area (Å²) in [5.41, 5.74) is 1.87. The van der Waals surface area contributed by atoms with Crippen molar-refractivity contribution in [3.05, 3.63) is 52.4 Å². The zero-order valence-corrected chi connectivity index (χ0v) is 15.5. The number of piperazine rings is 1. The number of ketones is 1. The molecule has 3 rings (SSSR count). The molecular weight excluding hydrogens is 346 g/mol. The number of nitrogens with one attached hydrogen (secondary N) is 1. The highest BCUT2D eigenvalue weighted by molar-refractivity contribution is 5.97. The van der Waals surface area contributed by atoms with Crippen LogP contribution in [0.2, 0.25) is 0 Å². The van der Waals surface area contributed by atoms with Gasteiger partial charge in [-0.1, -0.05) is 12.1 Å². The number of aromatic nitrogens is 2. The molecule has 1 saturated heterocycles. The van der Waals surface area contributed by atoms with E-state index in [0.29, 0.717) is 11.3 Å². The van der Waals surface area contributed by atoms with Crippen molar-refractivity contribution in [1.29, 1.82) is 0 Å². The molecule has 0 aliphatic carbocycles. The molecular formula is C19H23N5O3. The van der Waals surface area contributed by atoms with E-state index >= 15 is 0 Å². The first-order valence-electron chi connectivity index (χ1n) is 8.84. The largest absolute Gasteiger partial charge is 0.368 e. The lowest BCUT2D eigenvalue weighted by molar-refractivity contribution is -0.117. The Morgan fingerprint density at radius 1 is 1.15 bits per heavy atom. The standard InChI is InChI=1S/C19H23N5O3/c1-14(25)15-4-3-5-16(10-15)21-18(26)13-23-6-8-24(9-7-23)17-11-19(27)22(2)20-12-17/h3-5,10-12H,6-9,13H2,1-2H3,(H,21,26). The van der Waals surface area contributed by atoms with Crippen molar-refractivity contribution < 1.29 is 9.59 Å². The number of hydrogen-bond donors (Lipinski definition) is 1. The number of amides is 1. The molecule has 1 aromatic heterocycles. The van der Waals surface area contributed by atoms with Crippen molar-refractivity contribution in [2.75, 3.05) is 42.9 Å². The van der Waals surface area contributed by atoms with Crippen LogP contribution in [0.25, 0.3) is 0 Å². The van der Waals surface area contributed by atoms with Crippen molar-refractivity contribution in [2.45, 2.75) is 6.92 Å². The fourth-order valence-corrected chi connectivity index (χ4v) is 3.02. The molecule has 1 N–H and O–H groups in total. The van der Waals surface area contributed by atoms with Crippen LogP contribution in [0, 0.1) is 0 Å². The molecule has 0 bridgehead atoms. The summed E-state index contributed by atoms with van der Waals surface area (Å²) in [7, 11) is 1.62. The molecule has 2 heterocycles. The molecule has 2 aromatic rings. The smallest absolute Gasteiger partial charge is 0.268 e. The fourth-order valence-electron chi connectivity index (χ4n) is 3.02. The number of carbonyl (C=O) groups is 2. The van der Waals surface area contributed by atoms with E-state index in [1.807, 2.05) is 0 Å². The van der Waals surface area contributed by atoms with Crippen LogP contribution in [0.15, 0.2) is 41.3 Å². The van der Waals surface area contributed by atoms with Crippen LogP contribution in [-0.2, 0) is 11.8 Å². The summed E-state index contributed by atoms with van der Waals surface area (Å²) in [6.45, 7) is 4.67. The quantitative estimate of drug-likeness (QED) is 0.783. The second kappa shape index (κ2) is 8.13. The predicted octanol–water partition coefficient (Wildman–Crippen LogP) is 0.744. The van der Waals surface area contributed by atoms with Gasteiger partial charge in [0.05, 0.1) is 18.4 Å². The molecule has 1 aliphatic rings. The van der Waals surface area contributed by atoms with Gasteiger partial charge in [0.25, 0.3) is 5.56 Å². The third-order valence-electron chi connectivity index (χ3n) is 4.61. The Balaban J connectivity index is 1.52. The van der Waals surface area contributed by atoms with Gasteiger partial charge in [-0.15, -0.1) is 0 Å². The van der Waals surface area contributed by atoms with Gasteiger partial charge in [0.2, 0.25) is 5.91 Å². The minimum Gasteiger partial charge on any atom is -0.368 e. The van der Waals surface area contributed by atoms with Gasteiger partial charge in [0, 0.05) is 50.5 Å². The van der Waals surface area contributed by atoms with E-state index in [-0.39, 0.29) is 23.8 Å². The monoisotopic (exact) mass is 369 g/mol. The summed E-state index contributed by atoms with van der Waals surface area (Å²) in [6.07, 6.45) is 1.69. The maximum Gasteiger partial charge on any atom is 0.268 e. The molecule has 27 heavy (non-hydrogen) atoms. The highest BCUT2D eigenvalue weighted by Crippen LogP contribution is 2.14. The molecule has 0 atom stereocenters. The fraction of sp³-hybridized carbons (Fsp3) is 0.368. The molecule has 1 aliphatic heterocycles. The van der Waals surface area contributed by atoms with Gasteiger partial charge in [-0.05, 0) is 19.1 Å². The first kappa shape index (κ1) is 18.8. The molecule has 1 aromatic carbocycles. The van der Waals surface area contributed by atoms with E-state index in [2.05, 4.69) is 20.2 Å². The van der Waals surface area contributed by atoms with Crippen LogP contribution in [0.5, 0.6) is 0 Å². The van der Waals surface area contributed by atoms with E-state index in [0.717, 1.165) is 31.9 Å². The van der Waals surface area contributed by atoms with Gasteiger partial charge < -0.3 is 10.2 Å². The minimum absolute atomic E-state index is 0.0348. The molecule has 142 valence electrons. The van der Waals surface area contributed by atoms with E-state index in [1.54, 1.807) is 43.6 Å². The van der Waals surface area contributed by atoms with E-state index in [9.17, 15) is 14.4 Å². The first-order chi connectivity index (χ1) is 12.9. The second-order valence-corrected chi connectivity index (χ2v) is 6.62.